The zero-order valence-electron chi connectivity index (χ0n) is 7.85. The summed E-state index contributed by atoms with van der Waals surface area (Å²) in [4.78, 5) is 2.30. The summed E-state index contributed by atoms with van der Waals surface area (Å²) in [5.74, 6) is 0. The molecule has 0 atom stereocenters. The van der Waals surface area contributed by atoms with Gasteiger partial charge >= 0.3 is 0 Å². The van der Waals surface area contributed by atoms with Crippen LogP contribution in [0.2, 0.25) is 0 Å². The van der Waals surface area contributed by atoms with Crippen LogP contribution in [0.25, 0.3) is 0 Å². The van der Waals surface area contributed by atoms with Crippen molar-refractivity contribution in [2.45, 2.75) is 6.42 Å². The largest absolute Gasteiger partial charge is 0.391 e. The third kappa shape index (κ3) is 2.00. The van der Waals surface area contributed by atoms with Crippen molar-refractivity contribution in [2.24, 2.45) is 0 Å². The third-order valence-corrected chi connectivity index (χ3v) is 2.15. The molecule has 0 amide bonds. The van der Waals surface area contributed by atoms with Crippen molar-refractivity contribution in [3.05, 3.63) is 29.7 Å². The molecule has 1 rings (SSSR count). The van der Waals surface area contributed by atoms with E-state index in [-0.39, 0.29) is 0 Å². The van der Waals surface area contributed by atoms with Crippen LogP contribution in [0.5, 0.6) is 0 Å². The van der Waals surface area contributed by atoms with E-state index in [1.165, 1.54) is 11.3 Å². The first-order valence-electron chi connectivity index (χ1n) is 4.22. The topological polar surface area (TPSA) is 15.3 Å². The number of hydrogen-bond donors (Lipinski definition) is 1. The second-order valence-electron chi connectivity index (χ2n) is 3.09. The zero-order chi connectivity index (χ0) is 8.97. The number of hydrogen-bond acceptors (Lipinski definition) is 2. The fourth-order valence-electron chi connectivity index (χ4n) is 1.47. The lowest BCUT2D eigenvalue weighted by molar-refractivity contribution is 0.346. The Bertz CT molecular complexity index is 234. The molecule has 0 aromatic rings. The molecule has 0 spiro atoms. The summed E-state index contributed by atoms with van der Waals surface area (Å²) >= 11 is 0. The van der Waals surface area contributed by atoms with Crippen LogP contribution in [0.15, 0.2) is 29.7 Å². The van der Waals surface area contributed by atoms with E-state index in [4.69, 9.17) is 0 Å². The van der Waals surface area contributed by atoms with E-state index in [0.717, 1.165) is 19.5 Å². The number of likely N-dealkylation sites (N-methyl/N-ethyl adjacent to an activating group) is 1. The van der Waals surface area contributed by atoms with Gasteiger partial charge in [0.25, 0.3) is 0 Å². The first-order valence-corrected chi connectivity index (χ1v) is 4.22. The van der Waals surface area contributed by atoms with Crippen LogP contribution in [-0.2, 0) is 0 Å². The molecule has 0 fully saturated rings. The smallest absolute Gasteiger partial charge is 0.0254 e. The first kappa shape index (κ1) is 9.11. The van der Waals surface area contributed by atoms with E-state index < -0.39 is 0 Å². The maximum absolute atomic E-state index is 3.59. The van der Waals surface area contributed by atoms with Crippen molar-refractivity contribution in [3.8, 4) is 0 Å². The molecule has 1 N–H and O–H groups in total. The van der Waals surface area contributed by atoms with Gasteiger partial charge in [-0.2, -0.15) is 0 Å². The van der Waals surface area contributed by atoms with E-state index in [1.54, 1.807) is 0 Å². The van der Waals surface area contributed by atoms with Gasteiger partial charge < -0.3 is 10.2 Å². The normalized spacial score (nSPS) is 18.8. The minimum absolute atomic E-state index is 0.999. The molecule has 0 aliphatic carbocycles. The van der Waals surface area contributed by atoms with Gasteiger partial charge in [-0.25, -0.2) is 0 Å². The predicted molar refractivity (Wildman–Crippen MR) is 51.9 cm³/mol. The Labute approximate surface area is 74.3 Å². The highest BCUT2D eigenvalue weighted by molar-refractivity contribution is 5.27. The molecule has 0 saturated carbocycles. The summed E-state index contributed by atoms with van der Waals surface area (Å²) in [5, 5.41) is 3.21. The summed E-state index contributed by atoms with van der Waals surface area (Å²) in [6.45, 7) is 5.72. The van der Waals surface area contributed by atoms with Crippen LogP contribution in [0.4, 0.5) is 0 Å². The van der Waals surface area contributed by atoms with Gasteiger partial charge in [-0.3, -0.25) is 0 Å². The summed E-state index contributed by atoms with van der Waals surface area (Å²) in [5.41, 5.74) is 5.45. The number of rotatable bonds is 2. The number of nitrogens with zero attached hydrogens (tertiary/aromatic N) is 1. The molecule has 1 aliphatic heterocycles. The lowest BCUT2D eigenvalue weighted by Gasteiger charge is -2.25. The minimum atomic E-state index is 0.999. The Hall–Kier alpha value is -0.980. The average Bonchev–Trinajstić information content (AvgIpc) is 2.05. The van der Waals surface area contributed by atoms with E-state index in [1.807, 2.05) is 13.1 Å². The molecule has 0 saturated heterocycles. The molecule has 66 valence electrons. The summed E-state index contributed by atoms with van der Waals surface area (Å²) < 4.78 is 0. The van der Waals surface area contributed by atoms with Crippen molar-refractivity contribution in [3.63, 3.8) is 0 Å². The molecule has 0 radical (unpaired) electrons. The molecule has 0 aromatic heterocycles. The van der Waals surface area contributed by atoms with Crippen molar-refractivity contribution in [2.75, 3.05) is 27.2 Å². The molecule has 1 aliphatic rings. The lowest BCUT2D eigenvalue weighted by atomic mass is 10.1. The quantitative estimate of drug-likeness (QED) is 0.616. The fraction of sp³-hybridized carbons (Fsp3) is 0.500. The van der Waals surface area contributed by atoms with E-state index in [9.17, 15) is 0 Å². The van der Waals surface area contributed by atoms with Crippen LogP contribution in [0.1, 0.15) is 6.42 Å². The Morgan fingerprint density at radius 1 is 1.67 bits per heavy atom. The summed E-state index contributed by atoms with van der Waals surface area (Å²) in [7, 11) is 4.10. The van der Waals surface area contributed by atoms with Gasteiger partial charge in [0.2, 0.25) is 0 Å². The molecule has 0 bridgehead atoms. The van der Waals surface area contributed by atoms with E-state index in [2.05, 4.69) is 29.6 Å². The van der Waals surface area contributed by atoms with Gasteiger partial charge in [0, 0.05) is 32.3 Å². The second kappa shape index (κ2) is 4.15. The third-order valence-electron chi connectivity index (χ3n) is 2.15. The van der Waals surface area contributed by atoms with Crippen molar-refractivity contribution in [1.82, 2.24) is 10.2 Å². The number of nitrogens with one attached hydrogen (secondary N) is 1. The molecule has 12 heavy (non-hydrogen) atoms. The standard InChI is InChI=1S/C10H16N2/c1-4-5-9-8-12(3)7-6-10(9)11-2/h5,11H,1,6-8H2,2-3H3. The second-order valence-corrected chi connectivity index (χ2v) is 3.09. The van der Waals surface area contributed by atoms with Gasteiger partial charge in [-0.15, -0.1) is 5.73 Å². The molecule has 0 aromatic carbocycles. The van der Waals surface area contributed by atoms with Crippen molar-refractivity contribution >= 4 is 0 Å². The summed E-state index contributed by atoms with van der Waals surface area (Å²) in [6, 6.07) is 0. The summed E-state index contributed by atoms with van der Waals surface area (Å²) in [6.07, 6.45) is 3.06. The van der Waals surface area contributed by atoms with Gasteiger partial charge in [0.15, 0.2) is 0 Å². The van der Waals surface area contributed by atoms with Gasteiger partial charge in [-0.05, 0) is 18.7 Å². The molecule has 1 heterocycles. The van der Waals surface area contributed by atoms with Crippen LogP contribution in [0.3, 0.4) is 0 Å². The molecular weight excluding hydrogens is 148 g/mol. The predicted octanol–water partition coefficient (Wildman–Crippen LogP) is 1.14. The Morgan fingerprint density at radius 2 is 2.42 bits per heavy atom. The van der Waals surface area contributed by atoms with E-state index in [0.29, 0.717) is 0 Å². The monoisotopic (exact) mass is 164 g/mol. The maximum Gasteiger partial charge on any atom is 0.0254 e. The van der Waals surface area contributed by atoms with Gasteiger partial charge in [0.1, 0.15) is 0 Å². The van der Waals surface area contributed by atoms with Crippen LogP contribution in [0, 0.1) is 0 Å². The van der Waals surface area contributed by atoms with Crippen molar-refractivity contribution < 1.29 is 0 Å². The van der Waals surface area contributed by atoms with Crippen molar-refractivity contribution in [1.29, 1.82) is 0 Å². The maximum atomic E-state index is 3.59. The van der Waals surface area contributed by atoms with E-state index >= 15 is 0 Å². The first-order chi connectivity index (χ1) is 5.77. The van der Waals surface area contributed by atoms with Gasteiger partial charge in [-0.1, -0.05) is 6.58 Å². The Balaban J connectivity index is 2.83. The molecule has 2 heteroatoms. The lowest BCUT2D eigenvalue weighted by Crippen LogP contribution is -2.30. The Morgan fingerprint density at radius 3 is 3.00 bits per heavy atom. The van der Waals surface area contributed by atoms with Crippen LogP contribution in [-0.4, -0.2) is 32.1 Å². The van der Waals surface area contributed by atoms with Crippen LogP contribution < -0.4 is 5.32 Å². The highest BCUT2D eigenvalue weighted by atomic mass is 15.1. The molecular formula is C10H16N2. The SMILES string of the molecule is C=C=CC1=C(NC)CCN(C)C1. The van der Waals surface area contributed by atoms with Crippen LogP contribution >= 0.6 is 0 Å². The Kier molecular flexibility index (Phi) is 3.15. The molecule has 0 unspecified atom stereocenters. The molecule has 2 nitrogen and oxygen atoms in total. The minimum Gasteiger partial charge on any atom is -0.391 e. The fourth-order valence-corrected chi connectivity index (χ4v) is 1.47. The van der Waals surface area contributed by atoms with Gasteiger partial charge in [0.05, 0.1) is 0 Å². The highest BCUT2D eigenvalue weighted by Crippen LogP contribution is 2.14. The highest BCUT2D eigenvalue weighted by Gasteiger charge is 2.12. The zero-order valence-corrected chi connectivity index (χ0v) is 7.85. The average molecular weight is 164 g/mol.